The average molecular weight is 266 g/mol. The van der Waals surface area contributed by atoms with E-state index in [1.54, 1.807) is 0 Å². The Kier molecular flexibility index (Phi) is 3.93. The van der Waals surface area contributed by atoms with Crippen LogP contribution in [-0.4, -0.2) is 23.8 Å². The predicted octanol–water partition coefficient (Wildman–Crippen LogP) is 2.88. The normalized spacial score (nSPS) is 19.7. The maximum Gasteiger partial charge on any atom is 0.0966 e. The molecule has 3 nitrogen and oxygen atoms in total. The van der Waals surface area contributed by atoms with E-state index in [2.05, 4.69) is 24.0 Å². The van der Waals surface area contributed by atoms with Crippen LogP contribution >= 0.6 is 11.6 Å². The molecule has 0 aliphatic carbocycles. The zero-order chi connectivity index (χ0) is 13.2. The Morgan fingerprint density at radius 3 is 2.39 bits per heavy atom. The molecule has 4 heteroatoms. The van der Waals surface area contributed by atoms with E-state index in [-0.39, 0.29) is 5.41 Å². The molecule has 1 aliphatic rings. The molecule has 0 amide bonds. The zero-order valence-electron chi connectivity index (χ0n) is 10.7. The van der Waals surface area contributed by atoms with Crippen LogP contribution in [0.4, 0.5) is 0 Å². The number of rotatable bonds is 3. The quantitative estimate of drug-likeness (QED) is 0.652. The van der Waals surface area contributed by atoms with E-state index in [0.717, 1.165) is 37.5 Å². The molecule has 1 fully saturated rings. The molecular formula is C14H20ClN3. The van der Waals surface area contributed by atoms with E-state index in [1.807, 2.05) is 12.1 Å². The van der Waals surface area contributed by atoms with Gasteiger partial charge in [-0.05, 0) is 43.6 Å². The van der Waals surface area contributed by atoms with E-state index in [4.69, 9.17) is 22.7 Å². The molecule has 0 saturated carbocycles. The monoisotopic (exact) mass is 265 g/mol. The van der Waals surface area contributed by atoms with Gasteiger partial charge in [0.2, 0.25) is 0 Å². The second kappa shape index (κ2) is 5.29. The molecule has 3 N–H and O–H groups in total. The fourth-order valence-electron chi connectivity index (χ4n) is 2.32. The summed E-state index contributed by atoms with van der Waals surface area (Å²) in [6, 6.07) is 8.00. The Morgan fingerprint density at radius 2 is 1.89 bits per heavy atom. The van der Waals surface area contributed by atoms with Gasteiger partial charge in [0.05, 0.1) is 5.84 Å². The van der Waals surface area contributed by atoms with Crippen molar-refractivity contribution < 1.29 is 0 Å². The van der Waals surface area contributed by atoms with Crippen LogP contribution in [0, 0.1) is 10.8 Å². The summed E-state index contributed by atoms with van der Waals surface area (Å²) in [5.41, 5.74) is 6.85. The number of benzene rings is 1. The molecule has 1 heterocycles. The summed E-state index contributed by atoms with van der Waals surface area (Å²) in [7, 11) is 0. The molecule has 0 spiro atoms. The minimum absolute atomic E-state index is 0.101. The van der Waals surface area contributed by atoms with Gasteiger partial charge in [0.1, 0.15) is 0 Å². The Morgan fingerprint density at radius 1 is 1.33 bits per heavy atom. The highest BCUT2D eigenvalue weighted by atomic mass is 35.5. The molecule has 0 aromatic heterocycles. The van der Waals surface area contributed by atoms with Gasteiger partial charge < -0.3 is 5.73 Å². The van der Waals surface area contributed by atoms with E-state index in [9.17, 15) is 0 Å². The van der Waals surface area contributed by atoms with E-state index >= 15 is 0 Å². The Balaban J connectivity index is 1.91. The number of halogens is 1. The van der Waals surface area contributed by atoms with Gasteiger partial charge in [0.25, 0.3) is 0 Å². The molecule has 0 bridgehead atoms. The molecule has 2 rings (SSSR count). The zero-order valence-corrected chi connectivity index (χ0v) is 11.5. The minimum atomic E-state index is -0.101. The second-order valence-electron chi connectivity index (χ2n) is 5.38. The first kappa shape index (κ1) is 13.4. The smallest absolute Gasteiger partial charge is 0.0966 e. The van der Waals surface area contributed by atoms with Gasteiger partial charge in [0, 0.05) is 17.0 Å². The molecule has 1 saturated heterocycles. The summed E-state index contributed by atoms with van der Waals surface area (Å²) in [6.45, 7) is 5.04. The summed E-state index contributed by atoms with van der Waals surface area (Å²) in [5.74, 6) is 0.327. The SMILES string of the molecule is CC1(C(=N)N)CCN(Cc2ccc(Cl)cc2)CC1. The molecule has 18 heavy (non-hydrogen) atoms. The van der Waals surface area contributed by atoms with E-state index in [0.29, 0.717) is 5.84 Å². The molecule has 0 radical (unpaired) electrons. The molecule has 0 atom stereocenters. The first-order valence-electron chi connectivity index (χ1n) is 6.31. The number of likely N-dealkylation sites (tertiary alicyclic amines) is 1. The topological polar surface area (TPSA) is 53.1 Å². The second-order valence-corrected chi connectivity index (χ2v) is 5.81. The first-order chi connectivity index (χ1) is 8.49. The summed E-state index contributed by atoms with van der Waals surface area (Å²) in [4.78, 5) is 2.41. The third-order valence-corrected chi connectivity index (χ3v) is 4.18. The maximum absolute atomic E-state index is 7.64. The summed E-state index contributed by atoms with van der Waals surface area (Å²) in [6.07, 6.45) is 1.94. The standard InChI is InChI=1S/C14H20ClN3/c1-14(13(16)17)6-8-18(9-7-14)10-11-2-4-12(15)5-3-11/h2-5H,6-10H2,1H3,(H3,16,17). The predicted molar refractivity (Wildman–Crippen MR) is 76.0 cm³/mol. The molecule has 1 aromatic rings. The third-order valence-electron chi connectivity index (χ3n) is 3.93. The maximum atomic E-state index is 7.64. The van der Waals surface area contributed by atoms with Crippen LogP contribution in [0.3, 0.4) is 0 Å². The van der Waals surface area contributed by atoms with Crippen molar-refractivity contribution >= 4 is 17.4 Å². The van der Waals surface area contributed by atoms with Crippen LogP contribution in [0.2, 0.25) is 5.02 Å². The van der Waals surface area contributed by atoms with Crippen LogP contribution in [0.5, 0.6) is 0 Å². The highest BCUT2D eigenvalue weighted by molar-refractivity contribution is 6.30. The fourth-order valence-corrected chi connectivity index (χ4v) is 2.45. The van der Waals surface area contributed by atoms with Gasteiger partial charge in [-0.2, -0.15) is 0 Å². The highest BCUT2D eigenvalue weighted by Gasteiger charge is 2.32. The molecule has 1 aromatic carbocycles. The van der Waals surface area contributed by atoms with Crippen molar-refractivity contribution in [2.75, 3.05) is 13.1 Å². The lowest BCUT2D eigenvalue weighted by molar-refractivity contribution is 0.156. The molecule has 0 unspecified atom stereocenters. The Bertz CT molecular complexity index is 419. The number of piperidine rings is 1. The number of nitrogens with two attached hydrogens (primary N) is 1. The summed E-state index contributed by atoms with van der Waals surface area (Å²) in [5, 5.41) is 8.42. The van der Waals surface area contributed by atoms with Crippen LogP contribution in [0.1, 0.15) is 25.3 Å². The van der Waals surface area contributed by atoms with E-state index < -0.39 is 0 Å². The largest absolute Gasteiger partial charge is 0.387 e. The Hall–Kier alpha value is -1.06. The van der Waals surface area contributed by atoms with Crippen molar-refractivity contribution in [3.05, 3.63) is 34.9 Å². The third kappa shape index (κ3) is 3.03. The van der Waals surface area contributed by atoms with Gasteiger partial charge in [-0.15, -0.1) is 0 Å². The molecule has 1 aliphatic heterocycles. The fraction of sp³-hybridized carbons (Fsp3) is 0.500. The minimum Gasteiger partial charge on any atom is -0.387 e. The van der Waals surface area contributed by atoms with Gasteiger partial charge >= 0.3 is 0 Å². The van der Waals surface area contributed by atoms with Crippen LogP contribution in [0.15, 0.2) is 24.3 Å². The number of hydrogen-bond donors (Lipinski definition) is 2. The number of hydrogen-bond acceptors (Lipinski definition) is 2. The lowest BCUT2D eigenvalue weighted by Gasteiger charge is -2.38. The summed E-state index contributed by atoms with van der Waals surface area (Å²) >= 11 is 5.88. The number of amidine groups is 1. The van der Waals surface area contributed by atoms with Crippen LogP contribution in [0.25, 0.3) is 0 Å². The van der Waals surface area contributed by atoms with Crippen LogP contribution < -0.4 is 5.73 Å². The van der Waals surface area contributed by atoms with Crippen molar-refractivity contribution in [2.45, 2.75) is 26.3 Å². The lowest BCUT2D eigenvalue weighted by atomic mass is 9.79. The molecule has 98 valence electrons. The first-order valence-corrected chi connectivity index (χ1v) is 6.69. The van der Waals surface area contributed by atoms with Crippen molar-refractivity contribution in [1.29, 1.82) is 5.41 Å². The average Bonchev–Trinajstić information content (AvgIpc) is 2.35. The number of nitrogens with one attached hydrogen (secondary N) is 1. The van der Waals surface area contributed by atoms with Gasteiger partial charge in [-0.3, -0.25) is 10.3 Å². The van der Waals surface area contributed by atoms with Crippen molar-refractivity contribution in [3.8, 4) is 0 Å². The summed E-state index contributed by atoms with van der Waals surface area (Å²) < 4.78 is 0. The Labute approximate surface area is 113 Å². The van der Waals surface area contributed by atoms with Gasteiger partial charge in [-0.1, -0.05) is 30.7 Å². The van der Waals surface area contributed by atoms with Gasteiger partial charge in [0.15, 0.2) is 0 Å². The highest BCUT2D eigenvalue weighted by Crippen LogP contribution is 2.31. The number of nitrogens with zero attached hydrogens (tertiary/aromatic N) is 1. The van der Waals surface area contributed by atoms with Gasteiger partial charge in [-0.25, -0.2) is 0 Å². The van der Waals surface area contributed by atoms with Crippen molar-refractivity contribution in [2.24, 2.45) is 11.1 Å². The van der Waals surface area contributed by atoms with Crippen molar-refractivity contribution in [1.82, 2.24) is 4.90 Å². The lowest BCUT2D eigenvalue weighted by Crippen LogP contribution is -2.44. The van der Waals surface area contributed by atoms with Crippen LogP contribution in [-0.2, 0) is 6.54 Å². The van der Waals surface area contributed by atoms with E-state index in [1.165, 1.54) is 5.56 Å². The van der Waals surface area contributed by atoms with Crippen molar-refractivity contribution in [3.63, 3.8) is 0 Å². The molecular weight excluding hydrogens is 246 g/mol.